The molecule has 27 heavy (non-hydrogen) atoms. The summed E-state index contributed by atoms with van der Waals surface area (Å²) < 4.78 is 15.4. The standard InChI is InChI=1S/C20H15NO6/c22-18(21-19(23)17-7-4-12-25-17)13-26-20(24)14-8-10-16(11-9-14)27-15-5-2-1-3-6-15/h1-12H,13H2,(H,21,22,23). The predicted octanol–water partition coefficient (Wildman–Crippen LogP) is 3.19. The molecule has 0 atom stereocenters. The number of rotatable bonds is 6. The van der Waals surface area contributed by atoms with Crippen LogP contribution in [-0.2, 0) is 9.53 Å². The Balaban J connectivity index is 1.49. The van der Waals surface area contributed by atoms with Gasteiger partial charge in [-0.2, -0.15) is 0 Å². The summed E-state index contributed by atoms with van der Waals surface area (Å²) in [5.74, 6) is -0.937. The number of hydrogen-bond donors (Lipinski definition) is 1. The molecule has 1 heterocycles. The van der Waals surface area contributed by atoms with E-state index >= 15 is 0 Å². The van der Waals surface area contributed by atoms with Crippen molar-refractivity contribution < 1.29 is 28.3 Å². The SMILES string of the molecule is O=C(COC(=O)c1ccc(Oc2ccccc2)cc1)NC(=O)c1ccco1. The predicted molar refractivity (Wildman–Crippen MR) is 94.4 cm³/mol. The molecule has 0 bridgehead atoms. The number of carbonyl (C=O) groups excluding carboxylic acids is 3. The molecule has 7 nitrogen and oxygen atoms in total. The Morgan fingerprint density at radius 3 is 2.22 bits per heavy atom. The van der Waals surface area contributed by atoms with Crippen LogP contribution in [0.1, 0.15) is 20.9 Å². The Labute approximate surface area is 154 Å². The minimum Gasteiger partial charge on any atom is -0.459 e. The van der Waals surface area contributed by atoms with Crippen LogP contribution in [0.3, 0.4) is 0 Å². The van der Waals surface area contributed by atoms with Gasteiger partial charge in [-0.1, -0.05) is 18.2 Å². The summed E-state index contributed by atoms with van der Waals surface area (Å²) in [6.45, 7) is -0.590. The first-order valence-corrected chi connectivity index (χ1v) is 7.99. The normalized spacial score (nSPS) is 10.1. The van der Waals surface area contributed by atoms with E-state index in [-0.39, 0.29) is 11.3 Å². The van der Waals surface area contributed by atoms with Crippen molar-refractivity contribution in [3.63, 3.8) is 0 Å². The fourth-order valence-electron chi connectivity index (χ4n) is 2.13. The van der Waals surface area contributed by atoms with Crippen LogP contribution in [0.25, 0.3) is 0 Å². The number of nitrogens with one attached hydrogen (secondary N) is 1. The largest absolute Gasteiger partial charge is 0.459 e. The molecule has 0 aliphatic rings. The first-order chi connectivity index (χ1) is 13.1. The summed E-state index contributed by atoms with van der Waals surface area (Å²) in [6.07, 6.45) is 1.31. The second-order valence-corrected chi connectivity index (χ2v) is 5.37. The molecule has 3 aromatic rings. The van der Waals surface area contributed by atoms with Crippen molar-refractivity contribution in [3.8, 4) is 11.5 Å². The van der Waals surface area contributed by atoms with Crippen molar-refractivity contribution >= 4 is 17.8 Å². The van der Waals surface area contributed by atoms with Crippen molar-refractivity contribution in [2.24, 2.45) is 0 Å². The summed E-state index contributed by atoms with van der Waals surface area (Å²) in [6, 6.07) is 18.4. The van der Waals surface area contributed by atoms with E-state index in [0.29, 0.717) is 11.5 Å². The Bertz CT molecular complexity index is 917. The van der Waals surface area contributed by atoms with E-state index < -0.39 is 24.4 Å². The lowest BCUT2D eigenvalue weighted by Crippen LogP contribution is -2.33. The van der Waals surface area contributed by atoms with Gasteiger partial charge in [0, 0.05) is 0 Å². The van der Waals surface area contributed by atoms with E-state index in [2.05, 4.69) is 5.32 Å². The van der Waals surface area contributed by atoms with Crippen LogP contribution in [0.2, 0.25) is 0 Å². The zero-order valence-electron chi connectivity index (χ0n) is 14.1. The van der Waals surface area contributed by atoms with E-state index in [4.69, 9.17) is 13.9 Å². The molecule has 0 aliphatic heterocycles. The van der Waals surface area contributed by atoms with Gasteiger partial charge in [-0.15, -0.1) is 0 Å². The van der Waals surface area contributed by atoms with E-state index in [9.17, 15) is 14.4 Å². The summed E-state index contributed by atoms with van der Waals surface area (Å²) in [5.41, 5.74) is 0.251. The van der Waals surface area contributed by atoms with Gasteiger partial charge in [0.15, 0.2) is 12.4 Å². The number of furan rings is 1. The number of amides is 2. The molecule has 3 rings (SSSR count). The molecular formula is C20H15NO6. The lowest BCUT2D eigenvalue weighted by atomic mass is 10.2. The van der Waals surface area contributed by atoms with Gasteiger partial charge in [0.2, 0.25) is 0 Å². The first kappa shape index (κ1) is 17.9. The summed E-state index contributed by atoms with van der Waals surface area (Å²) in [7, 11) is 0. The zero-order valence-corrected chi connectivity index (χ0v) is 14.1. The maximum Gasteiger partial charge on any atom is 0.338 e. The van der Waals surface area contributed by atoms with Gasteiger partial charge < -0.3 is 13.9 Å². The average molecular weight is 365 g/mol. The molecule has 0 spiro atoms. The molecule has 0 fully saturated rings. The molecule has 0 unspecified atom stereocenters. The Morgan fingerprint density at radius 2 is 1.56 bits per heavy atom. The fraction of sp³-hybridized carbons (Fsp3) is 0.0500. The van der Waals surface area contributed by atoms with Gasteiger partial charge in [-0.05, 0) is 48.5 Å². The van der Waals surface area contributed by atoms with Crippen molar-refractivity contribution in [2.45, 2.75) is 0 Å². The third kappa shape index (κ3) is 5.05. The Morgan fingerprint density at radius 1 is 0.852 bits per heavy atom. The molecule has 0 saturated carbocycles. The molecule has 0 aliphatic carbocycles. The first-order valence-electron chi connectivity index (χ1n) is 7.99. The second kappa shape index (κ2) is 8.48. The van der Waals surface area contributed by atoms with Crippen LogP contribution in [0.15, 0.2) is 77.4 Å². The number of imide groups is 1. The zero-order chi connectivity index (χ0) is 19.1. The highest BCUT2D eigenvalue weighted by Crippen LogP contribution is 2.21. The van der Waals surface area contributed by atoms with E-state index in [0.717, 1.165) is 0 Å². The Hall–Kier alpha value is -3.87. The topological polar surface area (TPSA) is 94.8 Å². The van der Waals surface area contributed by atoms with Crippen molar-refractivity contribution in [1.82, 2.24) is 5.32 Å². The molecule has 2 amide bonds. The summed E-state index contributed by atoms with van der Waals surface area (Å²) in [5, 5.41) is 2.06. The van der Waals surface area contributed by atoms with E-state index in [1.54, 1.807) is 12.1 Å². The summed E-state index contributed by atoms with van der Waals surface area (Å²) in [4.78, 5) is 35.3. The summed E-state index contributed by atoms with van der Waals surface area (Å²) >= 11 is 0. The average Bonchev–Trinajstić information content (AvgIpc) is 3.22. The van der Waals surface area contributed by atoms with Crippen LogP contribution in [0.4, 0.5) is 0 Å². The van der Waals surface area contributed by atoms with E-state index in [1.165, 1.54) is 30.5 Å². The quantitative estimate of drug-likeness (QED) is 0.674. The van der Waals surface area contributed by atoms with Gasteiger partial charge in [0.05, 0.1) is 11.8 Å². The molecule has 1 N–H and O–H groups in total. The fourth-order valence-corrected chi connectivity index (χ4v) is 2.13. The van der Waals surface area contributed by atoms with Gasteiger partial charge in [-0.3, -0.25) is 14.9 Å². The van der Waals surface area contributed by atoms with Crippen LogP contribution < -0.4 is 10.1 Å². The second-order valence-electron chi connectivity index (χ2n) is 5.37. The van der Waals surface area contributed by atoms with Gasteiger partial charge in [-0.25, -0.2) is 4.79 Å². The Kier molecular flexibility index (Phi) is 5.64. The van der Waals surface area contributed by atoms with Crippen molar-refractivity contribution in [1.29, 1.82) is 0 Å². The number of carbonyl (C=O) groups is 3. The third-order valence-corrected chi connectivity index (χ3v) is 3.40. The number of hydrogen-bond acceptors (Lipinski definition) is 6. The van der Waals surface area contributed by atoms with Gasteiger partial charge in [0.25, 0.3) is 11.8 Å². The molecule has 136 valence electrons. The third-order valence-electron chi connectivity index (χ3n) is 3.40. The number of esters is 1. The molecule has 2 aromatic carbocycles. The van der Waals surface area contributed by atoms with Crippen LogP contribution in [-0.4, -0.2) is 24.4 Å². The maximum absolute atomic E-state index is 12.0. The number of ether oxygens (including phenoxy) is 2. The minimum absolute atomic E-state index is 0.0105. The highest BCUT2D eigenvalue weighted by atomic mass is 16.5. The monoisotopic (exact) mass is 365 g/mol. The van der Waals surface area contributed by atoms with Crippen molar-refractivity contribution in [3.05, 3.63) is 84.3 Å². The number of benzene rings is 2. The highest BCUT2D eigenvalue weighted by molar-refractivity contribution is 6.04. The molecule has 1 aromatic heterocycles. The van der Waals surface area contributed by atoms with Gasteiger partial charge in [0.1, 0.15) is 11.5 Å². The minimum atomic E-state index is -0.756. The lowest BCUT2D eigenvalue weighted by molar-refractivity contribution is -0.123. The van der Waals surface area contributed by atoms with Crippen LogP contribution in [0.5, 0.6) is 11.5 Å². The molecular weight excluding hydrogens is 350 g/mol. The highest BCUT2D eigenvalue weighted by Gasteiger charge is 2.15. The lowest BCUT2D eigenvalue weighted by Gasteiger charge is -2.07. The smallest absolute Gasteiger partial charge is 0.338 e. The van der Waals surface area contributed by atoms with Crippen LogP contribution in [0, 0.1) is 0 Å². The molecule has 0 saturated heterocycles. The maximum atomic E-state index is 12.0. The van der Waals surface area contributed by atoms with Crippen LogP contribution >= 0.6 is 0 Å². The van der Waals surface area contributed by atoms with Crippen molar-refractivity contribution in [2.75, 3.05) is 6.61 Å². The van der Waals surface area contributed by atoms with E-state index in [1.807, 2.05) is 30.3 Å². The molecule has 7 heteroatoms. The number of para-hydroxylation sites is 1. The van der Waals surface area contributed by atoms with Gasteiger partial charge >= 0.3 is 5.97 Å². The molecule has 0 radical (unpaired) electrons.